The maximum absolute atomic E-state index is 11.1. The fourth-order valence-corrected chi connectivity index (χ4v) is 5.44. The summed E-state index contributed by atoms with van der Waals surface area (Å²) in [6.07, 6.45) is 3.52. The van der Waals surface area contributed by atoms with E-state index >= 15 is 0 Å². The van der Waals surface area contributed by atoms with Gasteiger partial charge in [-0.15, -0.1) is 0 Å². The van der Waals surface area contributed by atoms with Crippen LogP contribution in [0.5, 0.6) is 0 Å². The van der Waals surface area contributed by atoms with E-state index in [0.717, 1.165) is 19.4 Å². The van der Waals surface area contributed by atoms with Crippen LogP contribution in [0.3, 0.4) is 0 Å². The third kappa shape index (κ3) is 1.31. The zero-order chi connectivity index (χ0) is 15.1. The maximum Gasteiger partial charge on any atom is 0.109 e. The van der Waals surface area contributed by atoms with Crippen molar-refractivity contribution in [1.29, 1.82) is 0 Å². The van der Waals surface area contributed by atoms with Gasteiger partial charge < -0.3 is 15.5 Å². The highest BCUT2D eigenvalue weighted by atomic mass is 16.3. The molecule has 2 fully saturated rings. The van der Waals surface area contributed by atoms with E-state index in [1.807, 2.05) is 0 Å². The Bertz CT molecular complexity index is 685. The first-order chi connectivity index (χ1) is 10.6. The van der Waals surface area contributed by atoms with E-state index in [2.05, 4.69) is 40.6 Å². The second-order valence-electron chi connectivity index (χ2n) is 7.47. The van der Waals surface area contributed by atoms with Crippen LogP contribution in [0.1, 0.15) is 25.3 Å². The van der Waals surface area contributed by atoms with Crippen molar-refractivity contribution in [3.63, 3.8) is 0 Å². The van der Waals surface area contributed by atoms with E-state index < -0.39 is 11.7 Å². The van der Waals surface area contributed by atoms with Gasteiger partial charge in [-0.1, -0.05) is 24.3 Å². The first-order valence-electron chi connectivity index (χ1n) is 8.29. The Hall–Kier alpha value is -1.36. The molecule has 3 aliphatic heterocycles. The lowest BCUT2D eigenvalue weighted by molar-refractivity contribution is -0.143. The van der Waals surface area contributed by atoms with Crippen LogP contribution in [0.15, 0.2) is 36.0 Å². The Morgan fingerprint density at radius 3 is 3.00 bits per heavy atom. The summed E-state index contributed by atoms with van der Waals surface area (Å²) in [5.74, 6) is 0.0248. The number of hydrogen-bond acceptors (Lipinski definition) is 4. The smallest absolute Gasteiger partial charge is 0.109 e. The minimum atomic E-state index is -1.03. The van der Waals surface area contributed by atoms with Crippen molar-refractivity contribution in [1.82, 2.24) is 4.90 Å². The summed E-state index contributed by atoms with van der Waals surface area (Å²) in [5.41, 5.74) is 2.92. The van der Waals surface area contributed by atoms with E-state index in [1.54, 1.807) is 6.92 Å². The molecular weight excluding hydrogens is 276 g/mol. The Morgan fingerprint density at radius 2 is 2.18 bits per heavy atom. The van der Waals surface area contributed by atoms with Crippen molar-refractivity contribution in [2.45, 2.75) is 42.9 Å². The molecule has 5 unspecified atom stereocenters. The van der Waals surface area contributed by atoms with Crippen molar-refractivity contribution >= 4 is 5.69 Å². The van der Waals surface area contributed by atoms with Gasteiger partial charge in [-0.2, -0.15) is 0 Å². The van der Waals surface area contributed by atoms with Gasteiger partial charge in [-0.05, 0) is 37.9 Å². The number of para-hydroxylation sites is 1. The Balaban J connectivity index is 1.71. The minimum absolute atomic E-state index is 0.0248. The first kappa shape index (κ1) is 13.1. The average molecular weight is 298 g/mol. The highest BCUT2D eigenvalue weighted by Crippen LogP contribution is 2.59. The largest absolute Gasteiger partial charge is 0.390 e. The van der Waals surface area contributed by atoms with E-state index in [0.29, 0.717) is 12.6 Å². The Morgan fingerprint density at radius 1 is 1.36 bits per heavy atom. The zero-order valence-electron chi connectivity index (χ0n) is 12.8. The summed E-state index contributed by atoms with van der Waals surface area (Å²) < 4.78 is 0. The molecule has 116 valence electrons. The lowest BCUT2D eigenvalue weighted by Crippen LogP contribution is -2.64. The van der Waals surface area contributed by atoms with E-state index in [9.17, 15) is 10.2 Å². The van der Waals surface area contributed by atoms with Gasteiger partial charge >= 0.3 is 0 Å². The molecule has 2 saturated heterocycles. The van der Waals surface area contributed by atoms with Crippen molar-refractivity contribution in [3.8, 4) is 0 Å². The van der Waals surface area contributed by atoms with E-state index in [-0.39, 0.29) is 11.3 Å². The van der Waals surface area contributed by atoms with E-state index in [1.165, 1.54) is 16.9 Å². The summed E-state index contributed by atoms with van der Waals surface area (Å²) in [6, 6.07) is 9.04. The molecule has 3 N–H and O–H groups in total. The molecule has 3 heterocycles. The Kier molecular flexibility index (Phi) is 2.35. The van der Waals surface area contributed by atoms with E-state index in [4.69, 9.17) is 0 Å². The average Bonchev–Trinajstić information content (AvgIpc) is 3.04. The molecule has 5 atom stereocenters. The number of nitrogens with one attached hydrogen (secondary N) is 1. The van der Waals surface area contributed by atoms with Crippen LogP contribution in [0, 0.1) is 5.92 Å². The predicted molar refractivity (Wildman–Crippen MR) is 84.5 cm³/mol. The van der Waals surface area contributed by atoms with Crippen LogP contribution in [0.2, 0.25) is 0 Å². The number of anilines is 1. The predicted octanol–water partition coefficient (Wildman–Crippen LogP) is 1.45. The minimum Gasteiger partial charge on any atom is -0.390 e. The fourth-order valence-electron chi connectivity index (χ4n) is 5.44. The molecule has 22 heavy (non-hydrogen) atoms. The summed E-state index contributed by atoms with van der Waals surface area (Å²) >= 11 is 0. The summed E-state index contributed by atoms with van der Waals surface area (Å²) in [5, 5.41) is 24.8. The highest BCUT2D eigenvalue weighted by Gasteiger charge is 2.63. The van der Waals surface area contributed by atoms with Crippen molar-refractivity contribution in [2.24, 2.45) is 5.92 Å². The molecule has 4 heteroatoms. The van der Waals surface area contributed by atoms with Crippen LogP contribution in [-0.2, 0) is 5.41 Å². The Labute approximate surface area is 130 Å². The summed E-state index contributed by atoms with van der Waals surface area (Å²) in [4.78, 5) is 2.40. The van der Waals surface area contributed by atoms with Crippen LogP contribution in [-0.4, -0.2) is 45.9 Å². The normalized spacial score (nSPS) is 43.1. The quantitative estimate of drug-likeness (QED) is 0.734. The van der Waals surface area contributed by atoms with Crippen molar-refractivity contribution < 1.29 is 10.2 Å². The lowest BCUT2D eigenvalue weighted by Gasteiger charge is -2.53. The number of fused-ring (bicyclic) bond motifs is 2. The number of rotatable bonds is 1. The molecule has 0 saturated carbocycles. The third-order valence-electron chi connectivity index (χ3n) is 6.63. The third-order valence-corrected chi connectivity index (χ3v) is 6.63. The SMILES string of the molecule is CC(O)C1(O)CN2CCC34C(=CC1CC23)Nc1ccccc14. The van der Waals surface area contributed by atoms with Gasteiger partial charge in [0.15, 0.2) is 0 Å². The number of nitrogens with zero attached hydrogens (tertiary/aromatic N) is 1. The number of hydrogen-bond donors (Lipinski definition) is 3. The molecule has 1 spiro atoms. The molecule has 0 aromatic heterocycles. The van der Waals surface area contributed by atoms with Crippen LogP contribution in [0.25, 0.3) is 0 Å². The molecule has 2 bridgehead atoms. The van der Waals surface area contributed by atoms with Crippen LogP contribution < -0.4 is 5.32 Å². The monoisotopic (exact) mass is 298 g/mol. The second kappa shape index (κ2) is 3.94. The number of aliphatic hydroxyl groups excluding tert-OH is 1. The zero-order valence-corrected chi connectivity index (χ0v) is 12.8. The van der Waals surface area contributed by atoms with Crippen LogP contribution >= 0.6 is 0 Å². The molecule has 1 aliphatic carbocycles. The van der Waals surface area contributed by atoms with Crippen LogP contribution in [0.4, 0.5) is 5.69 Å². The van der Waals surface area contributed by atoms with Gasteiger partial charge in [0.25, 0.3) is 0 Å². The molecule has 4 aliphatic rings. The van der Waals surface area contributed by atoms with Gasteiger partial charge in [-0.3, -0.25) is 4.90 Å². The molecule has 1 aromatic rings. The van der Waals surface area contributed by atoms with Crippen molar-refractivity contribution in [2.75, 3.05) is 18.4 Å². The topological polar surface area (TPSA) is 55.7 Å². The molecular formula is C18H22N2O2. The second-order valence-corrected chi connectivity index (χ2v) is 7.47. The number of piperidine rings is 1. The standard InChI is InChI=1S/C18H22N2O2/c1-11(21)18(22)10-20-7-6-17-13-4-2-3-5-14(13)19-15(17)8-12(18)9-16(17)20/h2-5,8,11-12,16,19,21-22H,6-7,9-10H2,1H3. The van der Waals surface area contributed by atoms with Gasteiger partial charge in [-0.25, -0.2) is 0 Å². The molecule has 5 rings (SSSR count). The van der Waals surface area contributed by atoms with Crippen molar-refractivity contribution in [3.05, 3.63) is 41.6 Å². The van der Waals surface area contributed by atoms with Gasteiger partial charge in [0.05, 0.1) is 11.5 Å². The lowest BCUT2D eigenvalue weighted by atomic mass is 9.62. The van der Waals surface area contributed by atoms with Gasteiger partial charge in [0.2, 0.25) is 0 Å². The molecule has 4 nitrogen and oxygen atoms in total. The number of aliphatic hydroxyl groups is 2. The highest BCUT2D eigenvalue weighted by molar-refractivity contribution is 5.71. The fraction of sp³-hybridized carbons (Fsp3) is 0.556. The molecule has 0 amide bonds. The maximum atomic E-state index is 11.1. The van der Waals surface area contributed by atoms with Gasteiger partial charge in [0, 0.05) is 29.9 Å². The number of benzene rings is 1. The molecule has 0 radical (unpaired) electrons. The van der Waals surface area contributed by atoms with Gasteiger partial charge in [0.1, 0.15) is 5.60 Å². The summed E-state index contributed by atoms with van der Waals surface area (Å²) in [7, 11) is 0. The molecule has 1 aromatic carbocycles. The first-order valence-corrected chi connectivity index (χ1v) is 8.29. The summed E-state index contributed by atoms with van der Waals surface area (Å²) in [6.45, 7) is 3.28.